The summed E-state index contributed by atoms with van der Waals surface area (Å²) in [5, 5.41) is 32.0. The number of aliphatic hydroxyl groups is 3. The van der Waals surface area contributed by atoms with Crippen molar-refractivity contribution in [3.05, 3.63) is 62.6 Å². The highest BCUT2D eigenvalue weighted by molar-refractivity contribution is 5.48. The van der Waals surface area contributed by atoms with Crippen LogP contribution in [0.25, 0.3) is 0 Å². The number of nitrogens with one attached hydrogen (secondary N) is 1. The van der Waals surface area contributed by atoms with Crippen LogP contribution >= 0.6 is 0 Å². The first kappa shape index (κ1) is 22.6. The summed E-state index contributed by atoms with van der Waals surface area (Å²) in [5.74, 6) is 1.46. The third-order valence-corrected chi connectivity index (χ3v) is 8.50. The molecule has 0 bridgehead atoms. The maximum atomic E-state index is 12.6. The Morgan fingerprint density at radius 3 is 2.67 bits per heavy atom. The number of aryl methyl sites for hydroxylation is 1. The lowest BCUT2D eigenvalue weighted by molar-refractivity contribution is -0.139. The SMILES string of the molecule is COc1ccc(C)c(C23CCN(CC4CC4)C(C)C2(O)Cc2cc(C(O)O)c(=O)[nH]c2C3)c1. The van der Waals surface area contributed by atoms with Gasteiger partial charge in [-0.25, -0.2) is 0 Å². The van der Waals surface area contributed by atoms with E-state index in [-0.39, 0.29) is 11.6 Å². The minimum absolute atomic E-state index is 0.0827. The van der Waals surface area contributed by atoms with E-state index in [1.165, 1.54) is 12.8 Å². The van der Waals surface area contributed by atoms with E-state index in [4.69, 9.17) is 4.74 Å². The first-order valence-corrected chi connectivity index (χ1v) is 11.9. The molecule has 3 aliphatic rings. The fourth-order valence-corrected chi connectivity index (χ4v) is 6.32. The van der Waals surface area contributed by atoms with Crippen molar-refractivity contribution >= 4 is 0 Å². The molecule has 3 atom stereocenters. The summed E-state index contributed by atoms with van der Waals surface area (Å²) >= 11 is 0. The van der Waals surface area contributed by atoms with Gasteiger partial charge in [0.1, 0.15) is 5.75 Å². The van der Waals surface area contributed by atoms with Gasteiger partial charge >= 0.3 is 0 Å². The summed E-state index contributed by atoms with van der Waals surface area (Å²) in [6.07, 6.45) is 2.23. The van der Waals surface area contributed by atoms with E-state index in [0.717, 1.165) is 47.6 Å². The Balaban J connectivity index is 1.68. The number of fused-ring (bicyclic) bond motifs is 2. The molecule has 7 nitrogen and oxygen atoms in total. The third-order valence-electron chi connectivity index (χ3n) is 8.50. The van der Waals surface area contributed by atoms with Crippen LogP contribution in [0.15, 0.2) is 29.1 Å². The van der Waals surface area contributed by atoms with Crippen molar-refractivity contribution in [3.8, 4) is 5.75 Å². The molecule has 0 radical (unpaired) electrons. The van der Waals surface area contributed by atoms with Crippen LogP contribution in [0.4, 0.5) is 0 Å². The van der Waals surface area contributed by atoms with Gasteiger partial charge in [0.2, 0.25) is 0 Å². The summed E-state index contributed by atoms with van der Waals surface area (Å²) < 4.78 is 5.54. The van der Waals surface area contributed by atoms with Crippen LogP contribution in [0, 0.1) is 12.8 Å². The Hall–Kier alpha value is -2.19. The Kier molecular flexibility index (Phi) is 5.44. The van der Waals surface area contributed by atoms with Crippen molar-refractivity contribution in [2.24, 2.45) is 5.92 Å². The molecular formula is C26H34N2O5. The molecule has 1 aromatic heterocycles. The smallest absolute Gasteiger partial charge is 0.256 e. The Labute approximate surface area is 194 Å². The molecule has 3 unspecified atom stereocenters. The molecule has 2 fully saturated rings. The standard InChI is InChI=1S/C26H34N2O5/c1-15-4-7-19(33-3)11-21(15)25-8-9-28(14-17-5-6-17)16(2)26(25,32)12-18-10-20(24(30)31)23(29)27-22(18)13-25/h4,7,10-11,16-17,24,30-32H,5-6,8-9,12-14H2,1-3H3,(H,27,29). The molecule has 2 aliphatic carbocycles. The summed E-state index contributed by atoms with van der Waals surface area (Å²) in [5.41, 5.74) is 1.41. The van der Waals surface area contributed by atoms with Crippen molar-refractivity contribution < 1.29 is 20.1 Å². The Bertz CT molecular complexity index is 1120. The predicted octanol–water partition coefficient (Wildman–Crippen LogP) is 1.95. The number of rotatable bonds is 5. The van der Waals surface area contributed by atoms with Gasteiger partial charge in [-0.15, -0.1) is 0 Å². The Morgan fingerprint density at radius 2 is 2.00 bits per heavy atom. The summed E-state index contributed by atoms with van der Waals surface area (Å²) in [6.45, 7) is 6.05. The first-order valence-electron chi connectivity index (χ1n) is 11.9. The monoisotopic (exact) mass is 454 g/mol. The van der Waals surface area contributed by atoms with E-state index in [2.05, 4.69) is 23.7 Å². The van der Waals surface area contributed by atoms with E-state index in [1.807, 2.05) is 18.2 Å². The van der Waals surface area contributed by atoms with Gasteiger partial charge in [0.05, 0.1) is 18.3 Å². The lowest BCUT2D eigenvalue weighted by Crippen LogP contribution is -2.71. The molecule has 4 N–H and O–H groups in total. The van der Waals surface area contributed by atoms with Gasteiger partial charge in [0.15, 0.2) is 6.29 Å². The van der Waals surface area contributed by atoms with E-state index in [1.54, 1.807) is 13.2 Å². The van der Waals surface area contributed by atoms with Gasteiger partial charge in [-0.1, -0.05) is 6.07 Å². The molecule has 2 heterocycles. The zero-order valence-electron chi connectivity index (χ0n) is 19.6. The second kappa shape index (κ2) is 7.94. The zero-order valence-corrected chi connectivity index (χ0v) is 19.6. The van der Waals surface area contributed by atoms with Crippen LogP contribution in [0.1, 0.15) is 60.4 Å². The molecule has 1 saturated carbocycles. The Morgan fingerprint density at radius 1 is 1.24 bits per heavy atom. The normalized spacial score (nSPS) is 29.6. The maximum Gasteiger partial charge on any atom is 0.256 e. The van der Waals surface area contributed by atoms with Crippen LogP contribution in [-0.4, -0.2) is 57.0 Å². The molecule has 1 aromatic carbocycles. The number of benzene rings is 1. The number of hydrogen-bond donors (Lipinski definition) is 4. The minimum Gasteiger partial charge on any atom is -0.497 e. The van der Waals surface area contributed by atoms with Crippen molar-refractivity contribution in [2.45, 2.75) is 69.3 Å². The maximum absolute atomic E-state index is 12.6. The second-order valence-corrected chi connectivity index (χ2v) is 10.3. The first-order chi connectivity index (χ1) is 15.7. The number of pyridine rings is 1. The molecule has 5 rings (SSSR count). The van der Waals surface area contributed by atoms with E-state index in [9.17, 15) is 20.1 Å². The molecule has 0 amide bonds. The average molecular weight is 455 g/mol. The van der Waals surface area contributed by atoms with E-state index >= 15 is 0 Å². The van der Waals surface area contributed by atoms with Gasteiger partial charge < -0.3 is 25.0 Å². The van der Waals surface area contributed by atoms with Gasteiger partial charge in [-0.2, -0.15) is 0 Å². The van der Waals surface area contributed by atoms with Crippen molar-refractivity contribution in [1.29, 1.82) is 0 Å². The molecule has 1 aliphatic heterocycles. The largest absolute Gasteiger partial charge is 0.497 e. The van der Waals surface area contributed by atoms with Crippen LogP contribution in [-0.2, 0) is 18.3 Å². The number of ether oxygens (including phenoxy) is 1. The van der Waals surface area contributed by atoms with Crippen LogP contribution in [0.2, 0.25) is 0 Å². The fourth-order valence-electron chi connectivity index (χ4n) is 6.32. The fraction of sp³-hybridized carbons (Fsp3) is 0.577. The average Bonchev–Trinajstić information content (AvgIpc) is 3.60. The number of piperidine rings is 1. The lowest BCUT2D eigenvalue weighted by atomic mass is 9.53. The number of aromatic amines is 1. The van der Waals surface area contributed by atoms with Crippen molar-refractivity contribution in [3.63, 3.8) is 0 Å². The molecule has 33 heavy (non-hydrogen) atoms. The summed E-state index contributed by atoms with van der Waals surface area (Å²) in [4.78, 5) is 17.9. The quantitative estimate of drug-likeness (QED) is 0.515. The molecule has 7 heteroatoms. The van der Waals surface area contributed by atoms with Crippen LogP contribution in [0.5, 0.6) is 5.75 Å². The number of aliphatic hydroxyl groups excluding tert-OH is 1. The minimum atomic E-state index is -1.85. The predicted molar refractivity (Wildman–Crippen MR) is 124 cm³/mol. The van der Waals surface area contributed by atoms with Gasteiger partial charge in [0, 0.05) is 36.5 Å². The lowest BCUT2D eigenvalue weighted by Gasteiger charge is -2.60. The number of nitrogens with zero attached hydrogens (tertiary/aromatic N) is 1. The number of likely N-dealkylation sites (tertiary alicyclic amines) is 1. The van der Waals surface area contributed by atoms with Crippen molar-refractivity contribution in [1.82, 2.24) is 9.88 Å². The highest BCUT2D eigenvalue weighted by Crippen LogP contribution is 2.54. The number of H-pyrrole nitrogens is 1. The third kappa shape index (κ3) is 3.53. The van der Waals surface area contributed by atoms with E-state index < -0.39 is 22.9 Å². The number of methoxy groups -OCH3 is 1. The molecular weight excluding hydrogens is 420 g/mol. The van der Waals surface area contributed by atoms with Crippen molar-refractivity contribution in [2.75, 3.05) is 20.2 Å². The van der Waals surface area contributed by atoms with Gasteiger partial charge in [0.25, 0.3) is 5.56 Å². The topological polar surface area (TPSA) is 106 Å². The number of hydrogen-bond acceptors (Lipinski definition) is 6. The molecule has 1 saturated heterocycles. The number of aromatic nitrogens is 1. The highest BCUT2D eigenvalue weighted by Gasteiger charge is 2.61. The van der Waals surface area contributed by atoms with Gasteiger partial charge in [-0.3, -0.25) is 9.69 Å². The highest BCUT2D eigenvalue weighted by atomic mass is 16.5. The molecule has 178 valence electrons. The summed E-state index contributed by atoms with van der Waals surface area (Å²) in [7, 11) is 1.65. The zero-order chi connectivity index (χ0) is 23.5. The van der Waals surface area contributed by atoms with Crippen LogP contribution in [0.3, 0.4) is 0 Å². The van der Waals surface area contributed by atoms with E-state index in [0.29, 0.717) is 18.8 Å². The van der Waals surface area contributed by atoms with Crippen LogP contribution < -0.4 is 10.3 Å². The molecule has 2 aromatic rings. The summed E-state index contributed by atoms with van der Waals surface area (Å²) in [6, 6.07) is 7.48. The molecule has 0 spiro atoms. The van der Waals surface area contributed by atoms with Gasteiger partial charge in [-0.05, 0) is 80.5 Å². The second-order valence-electron chi connectivity index (χ2n) is 10.3.